The molecule has 0 radical (unpaired) electrons. The van der Waals surface area contributed by atoms with Crippen molar-refractivity contribution < 1.29 is 9.59 Å². The molecule has 0 heterocycles. The lowest BCUT2D eigenvalue weighted by Crippen LogP contribution is -2.53. The number of primary amides is 1. The molecule has 1 aliphatic rings. The van der Waals surface area contributed by atoms with Crippen LogP contribution in [0.15, 0.2) is 0 Å². The molecule has 0 unspecified atom stereocenters. The largest absolute Gasteiger partial charge is 0.368 e. The first-order chi connectivity index (χ1) is 8.06. The number of carbonyl (C=O) groups is 2. The predicted octanol–water partition coefficient (Wildman–Crippen LogP) is 0.145. The van der Waals surface area contributed by atoms with Crippen LogP contribution in [0.25, 0.3) is 0 Å². The molecule has 0 spiro atoms. The van der Waals surface area contributed by atoms with E-state index in [1.807, 2.05) is 0 Å². The van der Waals surface area contributed by atoms with Crippen molar-refractivity contribution in [1.29, 1.82) is 0 Å². The van der Waals surface area contributed by atoms with Gasteiger partial charge in [-0.05, 0) is 32.7 Å². The second-order valence-electron chi connectivity index (χ2n) is 4.80. The molecule has 98 valence electrons. The lowest BCUT2D eigenvalue weighted by atomic mass is 9.83. The summed E-state index contributed by atoms with van der Waals surface area (Å²) in [6, 6.07) is -0.820. The van der Waals surface area contributed by atoms with E-state index >= 15 is 0 Å². The Morgan fingerprint density at radius 1 is 1.24 bits per heavy atom. The maximum Gasteiger partial charge on any atom is 0.240 e. The van der Waals surface area contributed by atoms with E-state index in [0.29, 0.717) is 0 Å². The summed E-state index contributed by atoms with van der Waals surface area (Å²) in [7, 11) is 1.71. The molecule has 1 saturated carbocycles. The van der Waals surface area contributed by atoms with Crippen molar-refractivity contribution in [3.8, 4) is 0 Å². The minimum Gasteiger partial charge on any atom is -0.368 e. The lowest BCUT2D eigenvalue weighted by molar-refractivity contribution is -0.129. The van der Waals surface area contributed by atoms with Crippen LogP contribution in [0.5, 0.6) is 0 Å². The van der Waals surface area contributed by atoms with Gasteiger partial charge in [0.15, 0.2) is 0 Å². The third-order valence-electron chi connectivity index (χ3n) is 3.55. The number of hydrogen-bond donors (Lipinski definition) is 3. The van der Waals surface area contributed by atoms with Gasteiger partial charge in [0, 0.05) is 0 Å². The summed E-state index contributed by atoms with van der Waals surface area (Å²) in [6.45, 7) is 1.76. The van der Waals surface area contributed by atoms with Crippen molar-refractivity contribution in [1.82, 2.24) is 10.6 Å². The highest BCUT2D eigenvalue weighted by Gasteiger charge is 2.30. The Morgan fingerprint density at radius 3 is 2.29 bits per heavy atom. The molecule has 4 N–H and O–H groups in total. The molecule has 5 heteroatoms. The van der Waals surface area contributed by atoms with Crippen molar-refractivity contribution >= 4 is 11.8 Å². The molecule has 1 rings (SSSR count). The van der Waals surface area contributed by atoms with E-state index in [1.54, 1.807) is 14.0 Å². The second kappa shape index (κ2) is 6.59. The van der Waals surface area contributed by atoms with E-state index in [1.165, 1.54) is 6.42 Å². The fraction of sp³-hybridized carbons (Fsp3) is 0.833. The molecule has 2 atom stereocenters. The minimum atomic E-state index is -0.515. The van der Waals surface area contributed by atoms with Crippen LogP contribution in [-0.4, -0.2) is 30.9 Å². The fourth-order valence-corrected chi connectivity index (χ4v) is 2.30. The highest BCUT2D eigenvalue weighted by Crippen LogP contribution is 2.26. The maximum absolute atomic E-state index is 11.8. The van der Waals surface area contributed by atoms with E-state index in [2.05, 4.69) is 10.6 Å². The average Bonchev–Trinajstić information content (AvgIpc) is 2.35. The fourth-order valence-electron chi connectivity index (χ4n) is 2.30. The Morgan fingerprint density at radius 2 is 1.82 bits per heavy atom. The van der Waals surface area contributed by atoms with Gasteiger partial charge in [0.1, 0.15) is 6.04 Å². The van der Waals surface area contributed by atoms with Gasteiger partial charge in [-0.3, -0.25) is 9.59 Å². The van der Waals surface area contributed by atoms with Crippen LogP contribution in [0, 0.1) is 5.92 Å². The molecule has 0 saturated heterocycles. The number of rotatable bonds is 5. The predicted molar refractivity (Wildman–Crippen MR) is 66.2 cm³/mol. The zero-order valence-corrected chi connectivity index (χ0v) is 10.7. The number of nitrogens with two attached hydrogens (primary N) is 1. The molecule has 0 bridgehead atoms. The quantitative estimate of drug-likeness (QED) is 0.640. The molecule has 0 aromatic heterocycles. The van der Waals surface area contributed by atoms with Gasteiger partial charge in [0.25, 0.3) is 0 Å². The number of likely N-dealkylation sites (N-methyl/N-ethyl adjacent to an activating group) is 1. The molecule has 1 aliphatic carbocycles. The molecule has 1 fully saturated rings. The molecular weight excluding hydrogens is 218 g/mol. The Balaban J connectivity index is 2.59. The summed E-state index contributed by atoms with van der Waals surface area (Å²) in [5, 5.41) is 5.61. The minimum absolute atomic E-state index is 0.165. The van der Waals surface area contributed by atoms with Crippen LogP contribution in [-0.2, 0) is 9.59 Å². The number of carbonyl (C=O) groups excluding carboxylic acids is 2. The van der Waals surface area contributed by atoms with Crippen molar-refractivity contribution in [3.05, 3.63) is 0 Å². The van der Waals surface area contributed by atoms with Gasteiger partial charge in [-0.25, -0.2) is 0 Å². The highest BCUT2D eigenvalue weighted by molar-refractivity contribution is 5.89. The summed E-state index contributed by atoms with van der Waals surface area (Å²) >= 11 is 0. The van der Waals surface area contributed by atoms with Crippen molar-refractivity contribution in [2.24, 2.45) is 11.7 Å². The summed E-state index contributed by atoms with van der Waals surface area (Å²) in [5.41, 5.74) is 5.38. The molecule has 5 nitrogen and oxygen atoms in total. The van der Waals surface area contributed by atoms with Gasteiger partial charge in [-0.2, -0.15) is 0 Å². The number of hydrogen-bond acceptors (Lipinski definition) is 3. The standard InChI is InChI=1S/C12H23N3O2/c1-8(14-2)12(17)15-10(11(13)16)9-6-4-3-5-7-9/h8-10,14H,3-7H2,1-2H3,(H2,13,16)(H,15,17)/t8-,10-/m0/s1. The van der Waals surface area contributed by atoms with Crippen molar-refractivity contribution in [3.63, 3.8) is 0 Å². The van der Waals surface area contributed by atoms with Crippen LogP contribution in [0.2, 0.25) is 0 Å². The summed E-state index contributed by atoms with van der Waals surface area (Å²) in [6.07, 6.45) is 5.39. The molecule has 0 aromatic carbocycles. The summed E-state index contributed by atoms with van der Waals surface area (Å²) in [5.74, 6) is -0.385. The van der Waals surface area contributed by atoms with E-state index in [-0.39, 0.29) is 17.9 Å². The molecular formula is C12H23N3O2. The van der Waals surface area contributed by atoms with Crippen LogP contribution >= 0.6 is 0 Å². The van der Waals surface area contributed by atoms with Gasteiger partial charge in [0.05, 0.1) is 6.04 Å². The van der Waals surface area contributed by atoms with Gasteiger partial charge >= 0.3 is 0 Å². The Hall–Kier alpha value is -1.10. The van der Waals surface area contributed by atoms with Gasteiger partial charge in [-0.15, -0.1) is 0 Å². The van der Waals surface area contributed by atoms with E-state index in [9.17, 15) is 9.59 Å². The third kappa shape index (κ3) is 4.00. The SMILES string of the molecule is CN[C@@H](C)C(=O)N[C@H](C(N)=O)C1CCCCC1. The molecule has 0 aliphatic heterocycles. The van der Waals surface area contributed by atoms with Crippen LogP contribution < -0.4 is 16.4 Å². The lowest BCUT2D eigenvalue weighted by Gasteiger charge is -2.29. The zero-order valence-electron chi connectivity index (χ0n) is 10.7. The highest BCUT2D eigenvalue weighted by atomic mass is 16.2. The van der Waals surface area contributed by atoms with Crippen molar-refractivity contribution in [2.45, 2.75) is 51.1 Å². The monoisotopic (exact) mass is 241 g/mol. The van der Waals surface area contributed by atoms with Crippen LogP contribution in [0.4, 0.5) is 0 Å². The van der Waals surface area contributed by atoms with Crippen molar-refractivity contribution in [2.75, 3.05) is 7.05 Å². The zero-order chi connectivity index (χ0) is 12.8. The molecule has 2 amide bonds. The van der Waals surface area contributed by atoms with Gasteiger partial charge < -0.3 is 16.4 Å². The first kappa shape index (κ1) is 14.0. The Kier molecular flexibility index (Phi) is 5.41. The van der Waals surface area contributed by atoms with E-state index < -0.39 is 11.9 Å². The van der Waals surface area contributed by atoms with E-state index in [4.69, 9.17) is 5.73 Å². The molecule has 0 aromatic rings. The van der Waals surface area contributed by atoms with E-state index in [0.717, 1.165) is 25.7 Å². The molecule has 17 heavy (non-hydrogen) atoms. The van der Waals surface area contributed by atoms with Crippen LogP contribution in [0.3, 0.4) is 0 Å². The normalized spacial score (nSPS) is 20.6. The second-order valence-corrected chi connectivity index (χ2v) is 4.80. The topological polar surface area (TPSA) is 84.2 Å². The maximum atomic E-state index is 11.8. The van der Waals surface area contributed by atoms with Gasteiger partial charge in [-0.1, -0.05) is 19.3 Å². The first-order valence-corrected chi connectivity index (χ1v) is 6.33. The van der Waals surface area contributed by atoms with Crippen LogP contribution in [0.1, 0.15) is 39.0 Å². The number of nitrogens with one attached hydrogen (secondary N) is 2. The Bertz CT molecular complexity index is 275. The summed E-state index contributed by atoms with van der Waals surface area (Å²) in [4.78, 5) is 23.2. The third-order valence-corrected chi connectivity index (χ3v) is 3.55. The smallest absolute Gasteiger partial charge is 0.240 e. The van der Waals surface area contributed by atoms with Gasteiger partial charge in [0.2, 0.25) is 11.8 Å². The Labute approximate surface area is 103 Å². The first-order valence-electron chi connectivity index (χ1n) is 6.33. The average molecular weight is 241 g/mol. The summed E-state index contributed by atoms with van der Waals surface area (Å²) < 4.78 is 0. The number of amides is 2.